The third kappa shape index (κ3) is 1.90. The lowest BCUT2D eigenvalue weighted by molar-refractivity contribution is -0.214. The van der Waals surface area contributed by atoms with E-state index >= 15 is 0 Å². The first-order valence-electron chi connectivity index (χ1n) is 3.89. The van der Waals surface area contributed by atoms with Gasteiger partial charge in [0.2, 0.25) is 0 Å². The summed E-state index contributed by atoms with van der Waals surface area (Å²) >= 11 is 0. The van der Waals surface area contributed by atoms with Gasteiger partial charge in [-0.05, 0) is 20.9 Å². The standard InChI is InChI=1S/C7H16N2O2/c1-4-5(2)11-7(9-3)6(8)10-4/h4-7,9H,8H2,1-3H3/t4-,5?,6?,7?/m1/s1. The van der Waals surface area contributed by atoms with E-state index < -0.39 is 0 Å². The lowest BCUT2D eigenvalue weighted by Crippen LogP contribution is -2.56. The Morgan fingerprint density at radius 1 is 1.18 bits per heavy atom. The van der Waals surface area contributed by atoms with Crippen LogP contribution in [-0.4, -0.2) is 31.7 Å². The second-order valence-electron chi connectivity index (χ2n) is 2.86. The van der Waals surface area contributed by atoms with E-state index in [1.807, 2.05) is 13.8 Å². The fraction of sp³-hybridized carbons (Fsp3) is 1.00. The molecule has 1 saturated heterocycles. The zero-order chi connectivity index (χ0) is 8.43. The number of hydrogen-bond acceptors (Lipinski definition) is 4. The SMILES string of the molecule is CNC1OC(C)[C@@H](C)OC1N. The van der Waals surface area contributed by atoms with Gasteiger partial charge in [0.25, 0.3) is 0 Å². The number of likely N-dealkylation sites (N-methyl/N-ethyl adjacent to an activating group) is 1. The van der Waals surface area contributed by atoms with E-state index in [-0.39, 0.29) is 24.7 Å². The van der Waals surface area contributed by atoms with Crippen LogP contribution in [0.1, 0.15) is 13.8 Å². The molecule has 0 bridgehead atoms. The second kappa shape index (κ2) is 3.49. The van der Waals surface area contributed by atoms with Gasteiger partial charge >= 0.3 is 0 Å². The molecule has 1 rings (SSSR count). The Balaban J connectivity index is 2.48. The van der Waals surface area contributed by atoms with Crippen LogP contribution in [-0.2, 0) is 9.47 Å². The first kappa shape index (κ1) is 8.93. The topological polar surface area (TPSA) is 56.5 Å². The van der Waals surface area contributed by atoms with Crippen molar-refractivity contribution in [3.05, 3.63) is 0 Å². The van der Waals surface area contributed by atoms with Crippen molar-refractivity contribution in [2.24, 2.45) is 5.73 Å². The van der Waals surface area contributed by atoms with Crippen LogP contribution in [0.2, 0.25) is 0 Å². The van der Waals surface area contributed by atoms with Crippen molar-refractivity contribution in [3.63, 3.8) is 0 Å². The van der Waals surface area contributed by atoms with Crippen LogP contribution in [0.15, 0.2) is 0 Å². The highest BCUT2D eigenvalue weighted by Gasteiger charge is 2.30. The molecule has 11 heavy (non-hydrogen) atoms. The average molecular weight is 160 g/mol. The normalized spacial score (nSPS) is 45.8. The summed E-state index contributed by atoms with van der Waals surface area (Å²) in [5.74, 6) is 0. The molecule has 4 heteroatoms. The molecule has 4 atom stereocenters. The first-order chi connectivity index (χ1) is 5.15. The van der Waals surface area contributed by atoms with E-state index in [0.717, 1.165) is 0 Å². The van der Waals surface area contributed by atoms with Gasteiger partial charge in [0, 0.05) is 0 Å². The largest absolute Gasteiger partial charge is 0.354 e. The zero-order valence-electron chi connectivity index (χ0n) is 7.20. The Labute approximate surface area is 67.0 Å². The van der Waals surface area contributed by atoms with E-state index in [4.69, 9.17) is 15.2 Å². The first-order valence-corrected chi connectivity index (χ1v) is 3.89. The second-order valence-corrected chi connectivity index (χ2v) is 2.86. The molecule has 1 aliphatic rings. The highest BCUT2D eigenvalue weighted by molar-refractivity contribution is 4.73. The fourth-order valence-electron chi connectivity index (χ4n) is 1.08. The Morgan fingerprint density at radius 2 is 1.73 bits per heavy atom. The number of hydrogen-bond donors (Lipinski definition) is 2. The van der Waals surface area contributed by atoms with Gasteiger partial charge in [-0.3, -0.25) is 5.32 Å². The lowest BCUT2D eigenvalue weighted by Gasteiger charge is -2.37. The van der Waals surface area contributed by atoms with Crippen LogP contribution < -0.4 is 11.1 Å². The molecule has 0 spiro atoms. The van der Waals surface area contributed by atoms with E-state index in [0.29, 0.717) is 0 Å². The molecule has 1 aliphatic heterocycles. The van der Waals surface area contributed by atoms with Crippen molar-refractivity contribution >= 4 is 0 Å². The molecule has 0 aromatic heterocycles. The average Bonchev–Trinajstić information content (AvgIpc) is 1.97. The Hall–Kier alpha value is -0.160. The Morgan fingerprint density at radius 3 is 2.27 bits per heavy atom. The van der Waals surface area contributed by atoms with Crippen LogP contribution in [0.5, 0.6) is 0 Å². The summed E-state index contributed by atoms with van der Waals surface area (Å²) < 4.78 is 10.9. The molecule has 0 aliphatic carbocycles. The highest BCUT2D eigenvalue weighted by Crippen LogP contribution is 2.15. The Kier molecular flexibility index (Phi) is 2.84. The molecule has 0 saturated carbocycles. The summed E-state index contributed by atoms with van der Waals surface area (Å²) in [7, 11) is 1.80. The van der Waals surface area contributed by atoms with E-state index in [2.05, 4.69) is 5.32 Å². The quantitative estimate of drug-likeness (QED) is 0.550. The molecule has 66 valence electrons. The van der Waals surface area contributed by atoms with Crippen molar-refractivity contribution in [2.75, 3.05) is 7.05 Å². The van der Waals surface area contributed by atoms with Crippen LogP contribution >= 0.6 is 0 Å². The third-order valence-electron chi connectivity index (χ3n) is 1.98. The minimum atomic E-state index is -0.355. The monoisotopic (exact) mass is 160 g/mol. The molecule has 1 fully saturated rings. The van der Waals surface area contributed by atoms with Crippen molar-refractivity contribution in [1.29, 1.82) is 0 Å². The Bertz CT molecular complexity index is 132. The fourth-order valence-corrected chi connectivity index (χ4v) is 1.08. The van der Waals surface area contributed by atoms with Gasteiger partial charge in [-0.1, -0.05) is 0 Å². The van der Waals surface area contributed by atoms with Crippen LogP contribution in [0.4, 0.5) is 0 Å². The molecule has 0 aromatic carbocycles. The minimum Gasteiger partial charge on any atom is -0.354 e. The smallest absolute Gasteiger partial charge is 0.148 e. The van der Waals surface area contributed by atoms with Gasteiger partial charge in [-0.2, -0.15) is 0 Å². The maximum atomic E-state index is 5.63. The van der Waals surface area contributed by atoms with Crippen molar-refractivity contribution in [1.82, 2.24) is 5.32 Å². The van der Waals surface area contributed by atoms with E-state index in [1.165, 1.54) is 0 Å². The van der Waals surface area contributed by atoms with Crippen LogP contribution in [0.3, 0.4) is 0 Å². The predicted octanol–water partition coefficient (Wildman–Crippen LogP) is -0.360. The summed E-state index contributed by atoms with van der Waals surface area (Å²) in [4.78, 5) is 0. The molecular formula is C7H16N2O2. The van der Waals surface area contributed by atoms with Crippen molar-refractivity contribution in [2.45, 2.75) is 38.5 Å². The predicted molar refractivity (Wildman–Crippen MR) is 41.9 cm³/mol. The number of ether oxygens (including phenoxy) is 2. The summed E-state index contributed by atoms with van der Waals surface area (Å²) in [6.07, 6.45) is -0.353. The maximum absolute atomic E-state index is 5.63. The summed E-state index contributed by atoms with van der Waals surface area (Å²) in [5, 5.41) is 2.93. The zero-order valence-corrected chi connectivity index (χ0v) is 7.20. The summed E-state index contributed by atoms with van der Waals surface area (Å²) in [5.41, 5.74) is 5.63. The van der Waals surface area contributed by atoms with Gasteiger partial charge in [0.1, 0.15) is 12.5 Å². The molecule has 0 radical (unpaired) electrons. The summed E-state index contributed by atoms with van der Waals surface area (Å²) in [6.45, 7) is 3.93. The van der Waals surface area contributed by atoms with Crippen LogP contribution in [0.25, 0.3) is 0 Å². The summed E-state index contributed by atoms with van der Waals surface area (Å²) in [6, 6.07) is 0. The molecule has 1 heterocycles. The third-order valence-corrected chi connectivity index (χ3v) is 1.98. The van der Waals surface area contributed by atoms with E-state index in [9.17, 15) is 0 Å². The minimum absolute atomic E-state index is 0.0783. The van der Waals surface area contributed by atoms with Crippen molar-refractivity contribution in [3.8, 4) is 0 Å². The number of rotatable bonds is 1. The molecule has 3 unspecified atom stereocenters. The molecule has 4 nitrogen and oxygen atoms in total. The maximum Gasteiger partial charge on any atom is 0.148 e. The highest BCUT2D eigenvalue weighted by atomic mass is 16.6. The van der Waals surface area contributed by atoms with Gasteiger partial charge in [-0.15, -0.1) is 0 Å². The molecule has 0 aromatic rings. The molecular weight excluding hydrogens is 144 g/mol. The number of nitrogens with one attached hydrogen (secondary N) is 1. The number of nitrogens with two attached hydrogens (primary N) is 1. The molecule has 3 N–H and O–H groups in total. The van der Waals surface area contributed by atoms with Gasteiger partial charge in [0.15, 0.2) is 0 Å². The molecule has 0 amide bonds. The van der Waals surface area contributed by atoms with Gasteiger partial charge in [0.05, 0.1) is 12.2 Å². The van der Waals surface area contributed by atoms with Crippen LogP contribution in [0, 0.1) is 0 Å². The lowest BCUT2D eigenvalue weighted by atomic mass is 10.2. The van der Waals surface area contributed by atoms with Gasteiger partial charge in [-0.25, -0.2) is 0 Å². The van der Waals surface area contributed by atoms with E-state index in [1.54, 1.807) is 7.05 Å². The van der Waals surface area contributed by atoms with Gasteiger partial charge < -0.3 is 15.2 Å². The van der Waals surface area contributed by atoms with Crippen molar-refractivity contribution < 1.29 is 9.47 Å².